The number of allylic oxidation sites excluding steroid dienone is 5. The van der Waals surface area contributed by atoms with Crippen molar-refractivity contribution in [1.82, 2.24) is 0 Å². The molecule has 0 radical (unpaired) electrons. The lowest BCUT2D eigenvalue weighted by molar-refractivity contribution is -0.136. The molecule has 0 atom stereocenters. The van der Waals surface area contributed by atoms with Crippen molar-refractivity contribution in [2.45, 2.75) is 6.92 Å². The summed E-state index contributed by atoms with van der Waals surface area (Å²) in [5.74, 6) is -0.347. The lowest BCUT2D eigenvalue weighted by Crippen LogP contribution is -1.98. The molecule has 0 aliphatic carbocycles. The largest absolute Gasteiger partial charge is 0.466 e. The van der Waals surface area contributed by atoms with Crippen LogP contribution < -0.4 is 0 Å². The van der Waals surface area contributed by atoms with E-state index in [-0.39, 0.29) is 5.97 Å². The summed E-state index contributed by atoms with van der Waals surface area (Å²) in [5.41, 5.74) is 1.61. The van der Waals surface area contributed by atoms with E-state index >= 15 is 0 Å². The molecule has 1 aromatic rings. The van der Waals surface area contributed by atoms with Crippen LogP contribution in [0.1, 0.15) is 12.5 Å². The SMILES string of the molecule is C=C(C)C(=O)OC.C=CC=CC=CC#N.C=Cc1ccccc1. The summed E-state index contributed by atoms with van der Waals surface area (Å²) in [4.78, 5) is 10.2. The van der Waals surface area contributed by atoms with Gasteiger partial charge in [0.2, 0.25) is 0 Å². The van der Waals surface area contributed by atoms with E-state index in [0.717, 1.165) is 0 Å². The van der Waals surface area contributed by atoms with Gasteiger partial charge in [-0.2, -0.15) is 5.26 Å². The number of nitriles is 1. The Hall–Kier alpha value is -3.12. The monoisotopic (exact) mass is 309 g/mol. The second kappa shape index (κ2) is 16.9. The molecule has 1 rings (SSSR count). The highest BCUT2D eigenvalue weighted by molar-refractivity contribution is 5.86. The molecule has 0 amide bonds. The van der Waals surface area contributed by atoms with E-state index in [9.17, 15) is 4.79 Å². The Balaban J connectivity index is 0. The predicted molar refractivity (Wildman–Crippen MR) is 97.5 cm³/mol. The average Bonchev–Trinajstić information content (AvgIpc) is 2.59. The fourth-order valence-electron chi connectivity index (χ4n) is 1.00. The van der Waals surface area contributed by atoms with Crippen LogP contribution in [0.2, 0.25) is 0 Å². The highest BCUT2D eigenvalue weighted by Crippen LogP contribution is 1.97. The fourth-order valence-corrected chi connectivity index (χ4v) is 1.00. The van der Waals surface area contributed by atoms with E-state index < -0.39 is 0 Å². The summed E-state index contributed by atoms with van der Waals surface area (Å²) in [5, 5.41) is 7.97. The van der Waals surface area contributed by atoms with Crippen molar-refractivity contribution in [1.29, 1.82) is 5.26 Å². The second-order valence-electron chi connectivity index (χ2n) is 4.00. The fraction of sp³-hybridized carbons (Fsp3) is 0.100. The summed E-state index contributed by atoms with van der Waals surface area (Å²) < 4.78 is 4.27. The molecule has 3 nitrogen and oxygen atoms in total. The number of carbonyl (C=O) groups is 1. The molecule has 0 N–H and O–H groups in total. The number of carbonyl (C=O) groups excluding carboxylic acids is 1. The van der Waals surface area contributed by atoms with Crippen LogP contribution in [-0.4, -0.2) is 13.1 Å². The molecule has 0 aliphatic rings. The van der Waals surface area contributed by atoms with E-state index in [1.54, 1.807) is 31.2 Å². The van der Waals surface area contributed by atoms with Crippen LogP contribution in [0, 0.1) is 11.3 Å². The Morgan fingerprint density at radius 3 is 2.09 bits per heavy atom. The number of nitrogens with zero attached hydrogens (tertiary/aromatic N) is 1. The molecule has 120 valence electrons. The van der Waals surface area contributed by atoms with E-state index in [4.69, 9.17) is 5.26 Å². The van der Waals surface area contributed by atoms with Gasteiger partial charge in [0.25, 0.3) is 0 Å². The Morgan fingerprint density at radius 2 is 1.78 bits per heavy atom. The zero-order valence-corrected chi connectivity index (χ0v) is 13.7. The van der Waals surface area contributed by atoms with Crippen molar-refractivity contribution < 1.29 is 9.53 Å². The third kappa shape index (κ3) is 16.8. The number of hydrogen-bond donors (Lipinski definition) is 0. The van der Waals surface area contributed by atoms with Gasteiger partial charge < -0.3 is 4.74 Å². The maximum absolute atomic E-state index is 10.2. The van der Waals surface area contributed by atoms with Gasteiger partial charge in [-0.25, -0.2) is 4.79 Å². The highest BCUT2D eigenvalue weighted by atomic mass is 16.5. The summed E-state index contributed by atoms with van der Waals surface area (Å²) >= 11 is 0. The van der Waals surface area contributed by atoms with Crippen LogP contribution in [0.3, 0.4) is 0 Å². The minimum absolute atomic E-state index is 0.347. The maximum Gasteiger partial charge on any atom is 0.332 e. The molecule has 0 saturated carbocycles. The van der Waals surface area contributed by atoms with Gasteiger partial charge in [0.15, 0.2) is 0 Å². The quantitative estimate of drug-likeness (QED) is 0.345. The molecule has 0 fully saturated rings. The normalized spacial score (nSPS) is 8.74. The first-order chi connectivity index (χ1) is 11.0. The van der Waals surface area contributed by atoms with E-state index in [1.165, 1.54) is 18.7 Å². The lowest BCUT2D eigenvalue weighted by Gasteiger charge is -1.91. The summed E-state index contributed by atoms with van der Waals surface area (Å²) in [7, 11) is 1.33. The first kappa shape index (κ1) is 22.2. The number of rotatable bonds is 4. The average molecular weight is 309 g/mol. The van der Waals surface area contributed by atoms with E-state index in [0.29, 0.717) is 5.57 Å². The Kier molecular flexibility index (Phi) is 16.3. The number of esters is 1. The van der Waals surface area contributed by atoms with E-state index in [2.05, 4.69) is 24.5 Å². The van der Waals surface area contributed by atoms with Gasteiger partial charge >= 0.3 is 5.97 Å². The Labute approximate surface area is 139 Å². The first-order valence-electron chi connectivity index (χ1n) is 6.78. The van der Waals surface area contributed by atoms with Crippen LogP contribution in [0.5, 0.6) is 0 Å². The van der Waals surface area contributed by atoms with Crippen LogP contribution in [-0.2, 0) is 9.53 Å². The number of hydrogen-bond acceptors (Lipinski definition) is 3. The molecule has 0 aliphatic heterocycles. The molecule has 1 aromatic carbocycles. The minimum atomic E-state index is -0.347. The van der Waals surface area contributed by atoms with Crippen molar-refractivity contribution in [2.24, 2.45) is 0 Å². The molecule has 0 unspecified atom stereocenters. The van der Waals surface area contributed by atoms with Gasteiger partial charge in [-0.3, -0.25) is 0 Å². The van der Waals surface area contributed by atoms with Crippen LogP contribution in [0.25, 0.3) is 6.08 Å². The van der Waals surface area contributed by atoms with Crippen molar-refractivity contribution in [3.8, 4) is 6.07 Å². The van der Waals surface area contributed by atoms with Gasteiger partial charge in [-0.15, -0.1) is 0 Å². The molecular weight excluding hydrogens is 286 g/mol. The summed E-state index contributed by atoms with van der Waals surface area (Å²) in [6.07, 6.45) is 10.0. The zero-order chi connectivity index (χ0) is 17.9. The zero-order valence-electron chi connectivity index (χ0n) is 13.7. The highest BCUT2D eigenvalue weighted by Gasteiger charge is 1.95. The van der Waals surface area contributed by atoms with Gasteiger partial charge in [0.1, 0.15) is 0 Å². The number of ether oxygens (including phenoxy) is 1. The first-order valence-corrected chi connectivity index (χ1v) is 6.78. The van der Waals surface area contributed by atoms with E-state index in [1.807, 2.05) is 42.5 Å². The molecule has 3 heteroatoms. The summed E-state index contributed by atoms with van der Waals surface area (Å²) in [6.45, 7) is 12.0. The Bertz CT molecular complexity index is 575. The molecule has 0 spiro atoms. The predicted octanol–water partition coefficient (Wildman–Crippen LogP) is 4.87. The van der Waals surface area contributed by atoms with Crippen LogP contribution >= 0.6 is 0 Å². The third-order valence-corrected chi connectivity index (χ3v) is 2.10. The third-order valence-electron chi connectivity index (χ3n) is 2.10. The Morgan fingerprint density at radius 1 is 1.17 bits per heavy atom. The van der Waals surface area contributed by atoms with Gasteiger partial charge in [0.05, 0.1) is 13.2 Å². The smallest absolute Gasteiger partial charge is 0.332 e. The number of methoxy groups -OCH3 is 1. The van der Waals surface area contributed by atoms with Crippen molar-refractivity contribution >= 4 is 12.0 Å². The molecule has 0 saturated heterocycles. The van der Waals surface area contributed by atoms with Crippen molar-refractivity contribution in [3.05, 3.63) is 91.6 Å². The van der Waals surface area contributed by atoms with Gasteiger partial charge in [-0.1, -0.05) is 80.4 Å². The van der Waals surface area contributed by atoms with Gasteiger partial charge in [-0.05, 0) is 12.5 Å². The molecular formula is C20H23NO2. The molecule has 0 aromatic heterocycles. The van der Waals surface area contributed by atoms with Crippen LogP contribution in [0.15, 0.2) is 86.0 Å². The number of benzene rings is 1. The molecule has 23 heavy (non-hydrogen) atoms. The van der Waals surface area contributed by atoms with Crippen LogP contribution in [0.4, 0.5) is 0 Å². The molecule has 0 bridgehead atoms. The topological polar surface area (TPSA) is 50.1 Å². The standard InChI is InChI=1S/C8H8.C7H7N.C5H8O2/c1-2-8-6-4-3-5-7-8;1-2-3-4-5-6-7-8;1-4(2)5(6)7-3/h2-7H,1H2;2-6H,1H2;1H2,2-3H3. The summed E-state index contributed by atoms with van der Waals surface area (Å²) in [6, 6.07) is 11.9. The van der Waals surface area contributed by atoms with Gasteiger partial charge in [0, 0.05) is 11.6 Å². The minimum Gasteiger partial charge on any atom is -0.466 e. The van der Waals surface area contributed by atoms with Crippen molar-refractivity contribution in [2.75, 3.05) is 7.11 Å². The molecule has 0 heterocycles. The van der Waals surface area contributed by atoms with Crippen molar-refractivity contribution in [3.63, 3.8) is 0 Å². The maximum atomic E-state index is 10.2. The lowest BCUT2D eigenvalue weighted by atomic mass is 10.2. The second-order valence-corrected chi connectivity index (χ2v) is 4.00.